The average molecular weight is 274 g/mol. The van der Waals surface area contributed by atoms with Crippen molar-refractivity contribution in [3.63, 3.8) is 0 Å². The molecule has 6 nitrogen and oxygen atoms in total. The highest BCUT2D eigenvalue weighted by atomic mass is 16.4. The summed E-state index contributed by atoms with van der Waals surface area (Å²) in [5, 5.41) is 37.6. The summed E-state index contributed by atoms with van der Waals surface area (Å²) in [6.07, 6.45) is 0. The molecule has 2 rings (SSSR count). The third kappa shape index (κ3) is 2.26. The van der Waals surface area contributed by atoms with Crippen molar-refractivity contribution >= 4 is 11.9 Å². The smallest absolute Gasteiger partial charge is 0.336 e. The zero-order valence-electron chi connectivity index (χ0n) is 10.1. The van der Waals surface area contributed by atoms with Crippen LogP contribution < -0.4 is 0 Å². The zero-order chi connectivity index (χ0) is 14.9. The minimum absolute atomic E-state index is 0.0620. The molecule has 6 heteroatoms. The number of aromatic hydroxyl groups is 2. The summed E-state index contributed by atoms with van der Waals surface area (Å²) in [5.74, 6) is -3.21. The summed E-state index contributed by atoms with van der Waals surface area (Å²) < 4.78 is 0. The third-order valence-electron chi connectivity index (χ3n) is 2.78. The Morgan fingerprint density at radius 2 is 1.50 bits per heavy atom. The van der Waals surface area contributed by atoms with Gasteiger partial charge in [-0.25, -0.2) is 9.59 Å². The molecule has 0 radical (unpaired) electrons. The number of benzene rings is 2. The Balaban J connectivity index is 2.84. The van der Waals surface area contributed by atoms with Crippen molar-refractivity contribution in [2.75, 3.05) is 0 Å². The van der Waals surface area contributed by atoms with E-state index in [0.717, 1.165) is 12.1 Å². The van der Waals surface area contributed by atoms with Gasteiger partial charge in [0.05, 0.1) is 11.1 Å². The van der Waals surface area contributed by atoms with Gasteiger partial charge in [0, 0.05) is 11.1 Å². The third-order valence-corrected chi connectivity index (χ3v) is 2.78. The molecule has 0 saturated carbocycles. The molecule has 0 atom stereocenters. The molecule has 2 aromatic carbocycles. The molecule has 0 heterocycles. The van der Waals surface area contributed by atoms with Crippen LogP contribution in [-0.4, -0.2) is 32.4 Å². The molecule has 0 aromatic heterocycles. The molecule has 0 fully saturated rings. The summed E-state index contributed by atoms with van der Waals surface area (Å²) in [4.78, 5) is 22.4. The molecule has 20 heavy (non-hydrogen) atoms. The Morgan fingerprint density at radius 1 is 0.850 bits per heavy atom. The normalized spacial score (nSPS) is 10.2. The molecule has 0 saturated heterocycles. The molecule has 4 N–H and O–H groups in total. The van der Waals surface area contributed by atoms with E-state index in [9.17, 15) is 19.8 Å². The van der Waals surface area contributed by atoms with E-state index in [4.69, 9.17) is 10.2 Å². The second-order valence-corrected chi connectivity index (χ2v) is 4.04. The van der Waals surface area contributed by atoms with Crippen LogP contribution in [0.5, 0.6) is 11.5 Å². The van der Waals surface area contributed by atoms with E-state index in [2.05, 4.69) is 0 Å². The van der Waals surface area contributed by atoms with Gasteiger partial charge in [0.15, 0.2) is 0 Å². The Morgan fingerprint density at radius 3 is 2.10 bits per heavy atom. The highest BCUT2D eigenvalue weighted by Crippen LogP contribution is 2.36. The lowest BCUT2D eigenvalue weighted by molar-refractivity contribution is 0.0684. The standard InChI is InChI=1S/C14H10O6/c15-7-4-5-8(13(17)18)10(6-7)12-9(14(19)20)2-1-3-11(12)16/h1-6,15-16H,(H,17,18)(H,19,20). The largest absolute Gasteiger partial charge is 0.508 e. The van der Waals surface area contributed by atoms with Crippen LogP contribution in [0.1, 0.15) is 20.7 Å². The predicted molar refractivity (Wildman–Crippen MR) is 69.1 cm³/mol. The lowest BCUT2D eigenvalue weighted by Gasteiger charge is -2.11. The number of phenols is 2. The van der Waals surface area contributed by atoms with E-state index < -0.39 is 11.9 Å². The first-order chi connectivity index (χ1) is 9.41. The monoisotopic (exact) mass is 274 g/mol. The number of carboxylic acid groups (broad SMARTS) is 2. The summed E-state index contributed by atoms with van der Waals surface area (Å²) >= 11 is 0. The minimum atomic E-state index is -1.31. The van der Waals surface area contributed by atoms with Crippen molar-refractivity contribution in [2.24, 2.45) is 0 Å². The lowest BCUT2D eigenvalue weighted by atomic mass is 9.94. The number of hydrogen-bond donors (Lipinski definition) is 4. The van der Waals surface area contributed by atoms with Gasteiger partial charge in [-0.15, -0.1) is 0 Å². The second kappa shape index (κ2) is 4.93. The first-order valence-electron chi connectivity index (χ1n) is 5.53. The maximum absolute atomic E-state index is 11.2. The molecule has 2 aromatic rings. The van der Waals surface area contributed by atoms with Crippen LogP contribution in [0.2, 0.25) is 0 Å². The fraction of sp³-hybridized carbons (Fsp3) is 0. The number of aromatic carboxylic acids is 2. The van der Waals surface area contributed by atoms with Gasteiger partial charge in [0.1, 0.15) is 11.5 Å². The molecule has 0 unspecified atom stereocenters. The van der Waals surface area contributed by atoms with Gasteiger partial charge in [-0.05, 0) is 30.3 Å². The molecular formula is C14H10O6. The van der Waals surface area contributed by atoms with Crippen LogP contribution in [0.25, 0.3) is 11.1 Å². The van der Waals surface area contributed by atoms with Crippen LogP contribution in [0.3, 0.4) is 0 Å². The number of hydrogen-bond acceptors (Lipinski definition) is 4. The molecule has 0 spiro atoms. The van der Waals surface area contributed by atoms with E-state index >= 15 is 0 Å². The quantitative estimate of drug-likeness (QED) is 0.681. The number of phenolic OH excluding ortho intramolecular Hbond substituents is 2. The van der Waals surface area contributed by atoms with Crippen molar-refractivity contribution in [1.82, 2.24) is 0 Å². The van der Waals surface area contributed by atoms with E-state index in [1.54, 1.807) is 0 Å². The topological polar surface area (TPSA) is 115 Å². The summed E-state index contributed by atoms with van der Waals surface area (Å²) in [6, 6.07) is 7.25. The summed E-state index contributed by atoms with van der Waals surface area (Å²) in [5.41, 5.74) is -0.675. The second-order valence-electron chi connectivity index (χ2n) is 4.04. The maximum atomic E-state index is 11.2. The van der Waals surface area contributed by atoms with Gasteiger partial charge in [0.25, 0.3) is 0 Å². The van der Waals surface area contributed by atoms with Crippen LogP contribution in [-0.2, 0) is 0 Å². The van der Waals surface area contributed by atoms with Crippen molar-refractivity contribution < 1.29 is 30.0 Å². The SMILES string of the molecule is O=C(O)c1ccc(O)cc1-c1c(O)cccc1C(=O)O. The molecule has 0 aliphatic carbocycles. The van der Waals surface area contributed by atoms with Crippen LogP contribution in [0.4, 0.5) is 0 Å². The molecule has 0 aliphatic rings. The van der Waals surface area contributed by atoms with E-state index in [0.29, 0.717) is 0 Å². The molecule has 0 aliphatic heterocycles. The van der Waals surface area contributed by atoms with E-state index in [-0.39, 0.29) is 33.8 Å². The molecule has 102 valence electrons. The van der Waals surface area contributed by atoms with Gasteiger partial charge in [-0.1, -0.05) is 6.07 Å². The van der Waals surface area contributed by atoms with Crippen molar-refractivity contribution in [3.8, 4) is 22.6 Å². The van der Waals surface area contributed by atoms with Crippen LogP contribution in [0, 0.1) is 0 Å². The highest BCUT2D eigenvalue weighted by molar-refractivity contribution is 6.03. The lowest BCUT2D eigenvalue weighted by Crippen LogP contribution is -2.04. The van der Waals surface area contributed by atoms with Gasteiger partial charge < -0.3 is 20.4 Å². The highest BCUT2D eigenvalue weighted by Gasteiger charge is 2.21. The zero-order valence-corrected chi connectivity index (χ0v) is 10.1. The maximum Gasteiger partial charge on any atom is 0.336 e. The van der Waals surface area contributed by atoms with Gasteiger partial charge in [-0.3, -0.25) is 0 Å². The van der Waals surface area contributed by atoms with E-state index in [1.165, 1.54) is 24.3 Å². The van der Waals surface area contributed by atoms with Gasteiger partial charge in [-0.2, -0.15) is 0 Å². The Hall–Kier alpha value is -3.02. The molecule has 0 bridgehead atoms. The summed E-state index contributed by atoms with van der Waals surface area (Å²) in [6.45, 7) is 0. The summed E-state index contributed by atoms with van der Waals surface area (Å²) in [7, 11) is 0. The first-order valence-corrected chi connectivity index (χ1v) is 5.53. The number of rotatable bonds is 3. The van der Waals surface area contributed by atoms with Crippen molar-refractivity contribution in [3.05, 3.63) is 47.5 Å². The van der Waals surface area contributed by atoms with Gasteiger partial charge >= 0.3 is 11.9 Å². The fourth-order valence-corrected chi connectivity index (χ4v) is 1.93. The fourth-order valence-electron chi connectivity index (χ4n) is 1.93. The molecular weight excluding hydrogens is 264 g/mol. The van der Waals surface area contributed by atoms with Gasteiger partial charge in [0.2, 0.25) is 0 Å². The molecule has 0 amide bonds. The van der Waals surface area contributed by atoms with Crippen molar-refractivity contribution in [1.29, 1.82) is 0 Å². The average Bonchev–Trinajstić information content (AvgIpc) is 2.37. The number of carbonyl (C=O) groups is 2. The van der Waals surface area contributed by atoms with E-state index in [1.807, 2.05) is 0 Å². The van der Waals surface area contributed by atoms with Crippen LogP contribution >= 0.6 is 0 Å². The first kappa shape index (κ1) is 13.4. The Kier molecular flexibility index (Phi) is 3.30. The number of carboxylic acids is 2. The van der Waals surface area contributed by atoms with Crippen LogP contribution in [0.15, 0.2) is 36.4 Å². The Bertz CT molecular complexity index is 705. The van der Waals surface area contributed by atoms with Crippen molar-refractivity contribution in [2.45, 2.75) is 0 Å². The minimum Gasteiger partial charge on any atom is -0.508 e. The Labute approximate surface area is 113 Å². The predicted octanol–water partition coefficient (Wildman–Crippen LogP) is 2.16.